The van der Waals surface area contributed by atoms with Crippen LogP contribution in [0.25, 0.3) is 0 Å². The van der Waals surface area contributed by atoms with Gasteiger partial charge in [-0.3, -0.25) is 4.79 Å². The molecule has 0 aromatic carbocycles. The maximum absolute atomic E-state index is 11.4. The van der Waals surface area contributed by atoms with Crippen molar-refractivity contribution >= 4 is 0 Å². The Morgan fingerprint density at radius 1 is 1.67 bits per heavy atom. The van der Waals surface area contributed by atoms with Crippen LogP contribution in [0.3, 0.4) is 0 Å². The van der Waals surface area contributed by atoms with Crippen LogP contribution in [0, 0.1) is 12.3 Å². The molecule has 0 unspecified atom stereocenters. The van der Waals surface area contributed by atoms with Gasteiger partial charge in [0.1, 0.15) is 0 Å². The smallest absolute Gasteiger partial charge is 0.255 e. The van der Waals surface area contributed by atoms with Crippen molar-refractivity contribution in [1.82, 2.24) is 4.57 Å². The fourth-order valence-corrected chi connectivity index (χ4v) is 0.965. The number of pyridine rings is 1. The van der Waals surface area contributed by atoms with Crippen LogP contribution in [-0.4, -0.2) is 4.57 Å². The number of aromatic nitrogens is 1. The highest BCUT2D eigenvalue weighted by Gasteiger charge is 1.98. The van der Waals surface area contributed by atoms with Gasteiger partial charge in [0, 0.05) is 18.3 Å². The van der Waals surface area contributed by atoms with Crippen LogP contribution in [0.4, 0.5) is 0 Å². The fourth-order valence-electron chi connectivity index (χ4n) is 0.965. The summed E-state index contributed by atoms with van der Waals surface area (Å²) < 4.78 is 1.46. The Balaban J connectivity index is 3.16. The van der Waals surface area contributed by atoms with Crippen LogP contribution in [0.2, 0.25) is 0 Å². The van der Waals surface area contributed by atoms with E-state index in [2.05, 4.69) is 5.92 Å². The zero-order valence-electron chi connectivity index (χ0n) is 6.66. The Labute approximate surface area is 70.8 Å². The van der Waals surface area contributed by atoms with Crippen LogP contribution in [0.5, 0.6) is 0 Å². The first-order chi connectivity index (χ1) is 5.79. The van der Waals surface area contributed by atoms with Gasteiger partial charge in [0.15, 0.2) is 0 Å². The first-order valence-electron chi connectivity index (χ1n) is 3.61. The Bertz CT molecular complexity index is 360. The number of terminal acetylenes is 1. The van der Waals surface area contributed by atoms with E-state index < -0.39 is 0 Å². The molecule has 0 spiro atoms. The van der Waals surface area contributed by atoms with E-state index >= 15 is 0 Å². The maximum Gasteiger partial charge on any atom is 0.255 e. The molecule has 1 rings (SSSR count). The summed E-state index contributed by atoms with van der Waals surface area (Å²) in [5.74, 6) is 2.40. The van der Waals surface area contributed by atoms with E-state index in [1.54, 1.807) is 18.3 Å². The van der Waals surface area contributed by atoms with Gasteiger partial charge < -0.3 is 10.3 Å². The quantitative estimate of drug-likeness (QED) is 0.619. The van der Waals surface area contributed by atoms with E-state index in [1.165, 1.54) is 4.57 Å². The third-order valence-electron chi connectivity index (χ3n) is 1.58. The largest absolute Gasteiger partial charge is 0.326 e. The SMILES string of the molecule is C#CCn1cccc(CN)c1=O. The average Bonchev–Trinajstić information content (AvgIpc) is 2.09. The fraction of sp³-hybridized carbons (Fsp3) is 0.222. The lowest BCUT2D eigenvalue weighted by molar-refractivity contribution is 0.776. The lowest BCUT2D eigenvalue weighted by Gasteiger charge is -2.01. The lowest BCUT2D eigenvalue weighted by atomic mass is 10.3. The van der Waals surface area contributed by atoms with Gasteiger partial charge in [-0.1, -0.05) is 12.0 Å². The van der Waals surface area contributed by atoms with Gasteiger partial charge in [-0.25, -0.2) is 0 Å². The molecule has 12 heavy (non-hydrogen) atoms. The molecule has 0 fully saturated rings. The Kier molecular flexibility index (Phi) is 2.67. The molecular formula is C9H10N2O. The molecule has 0 saturated carbocycles. The Hall–Kier alpha value is -1.53. The molecule has 1 aromatic rings. The van der Waals surface area contributed by atoms with Gasteiger partial charge in [0.05, 0.1) is 6.54 Å². The van der Waals surface area contributed by atoms with E-state index in [4.69, 9.17) is 12.2 Å². The number of nitrogens with zero attached hydrogens (tertiary/aromatic N) is 1. The van der Waals surface area contributed by atoms with Gasteiger partial charge in [-0.2, -0.15) is 0 Å². The molecule has 0 aliphatic carbocycles. The van der Waals surface area contributed by atoms with Crippen molar-refractivity contribution in [3.8, 4) is 12.3 Å². The molecule has 0 radical (unpaired) electrons. The number of hydrogen-bond donors (Lipinski definition) is 1. The topological polar surface area (TPSA) is 48.0 Å². The highest BCUT2D eigenvalue weighted by Crippen LogP contribution is 1.89. The zero-order valence-corrected chi connectivity index (χ0v) is 6.66. The molecule has 2 N–H and O–H groups in total. The first-order valence-corrected chi connectivity index (χ1v) is 3.61. The molecular weight excluding hydrogens is 152 g/mol. The number of nitrogens with two attached hydrogens (primary N) is 1. The van der Waals surface area contributed by atoms with Gasteiger partial charge in [-0.05, 0) is 6.07 Å². The van der Waals surface area contributed by atoms with Gasteiger partial charge in [0.2, 0.25) is 0 Å². The Morgan fingerprint density at radius 2 is 2.42 bits per heavy atom. The summed E-state index contributed by atoms with van der Waals surface area (Å²) in [5, 5.41) is 0. The maximum atomic E-state index is 11.4. The van der Waals surface area contributed by atoms with Gasteiger partial charge in [-0.15, -0.1) is 6.42 Å². The summed E-state index contributed by atoms with van der Waals surface area (Å²) in [6, 6.07) is 3.47. The zero-order chi connectivity index (χ0) is 8.97. The van der Waals surface area contributed by atoms with Crippen molar-refractivity contribution in [3.05, 3.63) is 34.2 Å². The standard InChI is InChI=1S/C9H10N2O/c1-2-5-11-6-3-4-8(7-10)9(11)12/h1,3-4,6H,5,7,10H2. The second-order valence-electron chi connectivity index (χ2n) is 2.37. The summed E-state index contributed by atoms with van der Waals surface area (Å²) in [6.07, 6.45) is 6.73. The van der Waals surface area contributed by atoms with Crippen molar-refractivity contribution < 1.29 is 0 Å². The molecule has 0 amide bonds. The normalized spacial score (nSPS) is 9.33. The Morgan fingerprint density at radius 3 is 3.00 bits per heavy atom. The minimum absolute atomic E-state index is 0.0991. The highest BCUT2D eigenvalue weighted by atomic mass is 16.1. The first kappa shape index (κ1) is 8.57. The van der Waals surface area contributed by atoms with Crippen molar-refractivity contribution in [2.24, 2.45) is 5.73 Å². The molecule has 3 nitrogen and oxygen atoms in total. The van der Waals surface area contributed by atoms with Crippen molar-refractivity contribution in [2.45, 2.75) is 13.1 Å². The van der Waals surface area contributed by atoms with Crippen LogP contribution < -0.4 is 11.3 Å². The molecule has 0 aliphatic heterocycles. The van der Waals surface area contributed by atoms with Crippen LogP contribution in [0.1, 0.15) is 5.56 Å². The van der Waals surface area contributed by atoms with Crippen LogP contribution in [-0.2, 0) is 13.1 Å². The molecule has 0 aliphatic rings. The third-order valence-corrected chi connectivity index (χ3v) is 1.58. The lowest BCUT2D eigenvalue weighted by Crippen LogP contribution is -2.24. The minimum Gasteiger partial charge on any atom is -0.326 e. The summed E-state index contributed by atoms with van der Waals surface area (Å²) >= 11 is 0. The number of hydrogen-bond acceptors (Lipinski definition) is 2. The molecule has 1 heterocycles. The van der Waals surface area contributed by atoms with E-state index in [0.717, 1.165) is 0 Å². The van der Waals surface area contributed by atoms with E-state index in [1.807, 2.05) is 0 Å². The van der Waals surface area contributed by atoms with Crippen molar-refractivity contribution in [2.75, 3.05) is 0 Å². The molecule has 0 atom stereocenters. The molecule has 0 saturated heterocycles. The predicted molar refractivity (Wildman–Crippen MR) is 47.4 cm³/mol. The van der Waals surface area contributed by atoms with Crippen molar-refractivity contribution in [1.29, 1.82) is 0 Å². The molecule has 62 valence electrons. The van der Waals surface area contributed by atoms with Gasteiger partial charge in [0.25, 0.3) is 5.56 Å². The molecule has 3 heteroatoms. The van der Waals surface area contributed by atoms with E-state index in [9.17, 15) is 4.79 Å². The van der Waals surface area contributed by atoms with Crippen molar-refractivity contribution in [3.63, 3.8) is 0 Å². The van der Waals surface area contributed by atoms with E-state index in [0.29, 0.717) is 12.1 Å². The minimum atomic E-state index is -0.0991. The predicted octanol–water partition coefficient (Wildman–Crippen LogP) is -0.0598. The summed E-state index contributed by atoms with van der Waals surface area (Å²) in [5.41, 5.74) is 5.84. The average molecular weight is 162 g/mol. The van der Waals surface area contributed by atoms with E-state index in [-0.39, 0.29) is 12.1 Å². The van der Waals surface area contributed by atoms with Crippen LogP contribution in [0.15, 0.2) is 23.1 Å². The summed E-state index contributed by atoms with van der Waals surface area (Å²) in [6.45, 7) is 0.552. The second kappa shape index (κ2) is 3.74. The highest BCUT2D eigenvalue weighted by molar-refractivity contribution is 5.10. The van der Waals surface area contributed by atoms with Crippen LogP contribution >= 0.6 is 0 Å². The second-order valence-corrected chi connectivity index (χ2v) is 2.37. The summed E-state index contributed by atoms with van der Waals surface area (Å²) in [7, 11) is 0. The third kappa shape index (κ3) is 1.55. The molecule has 0 bridgehead atoms. The van der Waals surface area contributed by atoms with Gasteiger partial charge >= 0.3 is 0 Å². The summed E-state index contributed by atoms with van der Waals surface area (Å²) in [4.78, 5) is 11.4. The monoisotopic (exact) mass is 162 g/mol. The molecule has 1 aromatic heterocycles. The number of rotatable bonds is 2.